The molecule has 3 N–H and O–H groups in total. The van der Waals surface area contributed by atoms with Crippen molar-refractivity contribution in [3.05, 3.63) is 60.8 Å². The molecule has 354 valence electrons. The number of esters is 2. The lowest BCUT2D eigenvalue weighted by Gasteiger charge is -2.19. The number of phosphoric acid groups is 1. The number of phosphoric ester groups is 1. The van der Waals surface area contributed by atoms with Crippen molar-refractivity contribution in [2.45, 2.75) is 225 Å². The first kappa shape index (κ1) is 58.7. The minimum absolute atomic E-state index is 0.0493. The van der Waals surface area contributed by atoms with Gasteiger partial charge in [-0.05, 0) is 77.0 Å². The van der Waals surface area contributed by atoms with E-state index in [1.807, 2.05) is 0 Å². The van der Waals surface area contributed by atoms with Gasteiger partial charge in [-0.2, -0.15) is 0 Å². The highest BCUT2D eigenvalue weighted by Crippen LogP contribution is 2.43. The Morgan fingerprint density at radius 2 is 0.902 bits per heavy atom. The zero-order valence-electron chi connectivity index (χ0n) is 39.1. The van der Waals surface area contributed by atoms with Crippen LogP contribution in [0.3, 0.4) is 0 Å². The van der Waals surface area contributed by atoms with E-state index in [2.05, 4.69) is 74.6 Å². The summed E-state index contributed by atoms with van der Waals surface area (Å²) in [4.78, 5) is 35.0. The molecule has 9 nitrogen and oxygen atoms in total. The first-order valence-corrected chi connectivity index (χ1v) is 26.3. The van der Waals surface area contributed by atoms with Crippen LogP contribution in [-0.2, 0) is 32.7 Å². The zero-order chi connectivity index (χ0) is 44.6. The van der Waals surface area contributed by atoms with E-state index in [1.165, 1.54) is 116 Å². The number of nitrogens with two attached hydrogens (primary N) is 1. The van der Waals surface area contributed by atoms with Gasteiger partial charge < -0.3 is 20.1 Å². The Morgan fingerprint density at radius 1 is 0.508 bits per heavy atom. The molecule has 0 aromatic heterocycles. The van der Waals surface area contributed by atoms with E-state index in [9.17, 15) is 19.0 Å². The Hall–Kier alpha value is -2.29. The van der Waals surface area contributed by atoms with E-state index in [1.54, 1.807) is 0 Å². The second-order valence-corrected chi connectivity index (χ2v) is 17.8. The van der Waals surface area contributed by atoms with Crippen molar-refractivity contribution >= 4 is 19.8 Å². The summed E-state index contributed by atoms with van der Waals surface area (Å²) in [5.74, 6) is -0.840. The van der Waals surface area contributed by atoms with Crippen LogP contribution in [-0.4, -0.2) is 49.3 Å². The first-order valence-electron chi connectivity index (χ1n) is 24.8. The third kappa shape index (κ3) is 47.0. The van der Waals surface area contributed by atoms with Crippen LogP contribution in [0.15, 0.2) is 60.8 Å². The van der Waals surface area contributed by atoms with Crippen molar-refractivity contribution in [3.63, 3.8) is 0 Å². The van der Waals surface area contributed by atoms with Crippen LogP contribution >= 0.6 is 7.82 Å². The van der Waals surface area contributed by atoms with Gasteiger partial charge in [-0.15, -0.1) is 0 Å². The van der Waals surface area contributed by atoms with Gasteiger partial charge in [0.2, 0.25) is 0 Å². The molecule has 0 spiro atoms. The van der Waals surface area contributed by atoms with E-state index in [0.29, 0.717) is 6.42 Å². The number of hydrogen-bond acceptors (Lipinski definition) is 8. The standard InChI is InChI=1S/C51H92NO8P/c1-3-5-7-9-11-13-15-17-19-21-22-23-24-25-26-28-29-31-33-35-37-39-41-43-50(53)57-47-49(48-59-61(55,56)58-46-45-52)60-51(54)44-42-40-38-36-34-32-30-27-20-18-16-14-12-10-8-6-4-2/h6,8,12,14-15,17-18,20-22,49H,3-5,7,9-11,13,16,19,23-48,52H2,1-2H3,(H,55,56)/b8-6-,14-12-,17-15-,20-18-,22-21-. The van der Waals surface area contributed by atoms with Gasteiger partial charge in [-0.1, -0.05) is 190 Å². The summed E-state index contributed by atoms with van der Waals surface area (Å²) in [5, 5.41) is 0. The summed E-state index contributed by atoms with van der Waals surface area (Å²) >= 11 is 0. The summed E-state index contributed by atoms with van der Waals surface area (Å²) in [6, 6.07) is 0. The van der Waals surface area contributed by atoms with E-state index < -0.39 is 26.5 Å². The highest BCUT2D eigenvalue weighted by atomic mass is 31.2. The van der Waals surface area contributed by atoms with Crippen molar-refractivity contribution in [1.82, 2.24) is 0 Å². The molecule has 0 heterocycles. The predicted octanol–water partition coefficient (Wildman–Crippen LogP) is 14.8. The fourth-order valence-electron chi connectivity index (χ4n) is 6.74. The largest absolute Gasteiger partial charge is 0.472 e. The predicted molar refractivity (Wildman–Crippen MR) is 256 cm³/mol. The number of rotatable bonds is 46. The van der Waals surface area contributed by atoms with Crippen molar-refractivity contribution in [2.24, 2.45) is 5.73 Å². The molecule has 0 rings (SSSR count). The highest BCUT2D eigenvalue weighted by Gasteiger charge is 2.26. The van der Waals surface area contributed by atoms with Gasteiger partial charge in [0.15, 0.2) is 6.10 Å². The molecule has 0 radical (unpaired) electrons. The van der Waals surface area contributed by atoms with Gasteiger partial charge in [-0.3, -0.25) is 18.6 Å². The minimum atomic E-state index is -4.39. The van der Waals surface area contributed by atoms with Crippen molar-refractivity contribution < 1.29 is 37.6 Å². The lowest BCUT2D eigenvalue weighted by atomic mass is 10.0. The molecule has 61 heavy (non-hydrogen) atoms. The summed E-state index contributed by atoms with van der Waals surface area (Å²) in [5.41, 5.74) is 5.36. The zero-order valence-corrected chi connectivity index (χ0v) is 40.0. The lowest BCUT2D eigenvalue weighted by Crippen LogP contribution is -2.29. The van der Waals surface area contributed by atoms with Crippen LogP contribution in [0.25, 0.3) is 0 Å². The molecule has 0 aliphatic rings. The Morgan fingerprint density at radius 3 is 1.34 bits per heavy atom. The summed E-state index contributed by atoms with van der Waals surface area (Å²) < 4.78 is 32.9. The van der Waals surface area contributed by atoms with Gasteiger partial charge in [0.25, 0.3) is 0 Å². The molecule has 0 fully saturated rings. The second kappa shape index (κ2) is 47.2. The number of unbranched alkanes of at least 4 members (excludes halogenated alkanes) is 23. The topological polar surface area (TPSA) is 134 Å². The average molecular weight is 878 g/mol. The Kier molecular flexibility index (Phi) is 45.4. The van der Waals surface area contributed by atoms with Crippen LogP contribution in [0.2, 0.25) is 0 Å². The highest BCUT2D eigenvalue weighted by molar-refractivity contribution is 7.47. The molecule has 0 aliphatic carbocycles. The van der Waals surface area contributed by atoms with E-state index >= 15 is 0 Å². The number of carbonyl (C=O) groups is 2. The molecule has 0 aromatic rings. The third-order valence-corrected chi connectivity index (χ3v) is 11.4. The number of allylic oxidation sites excluding steroid dienone is 10. The Labute approximate surface area is 374 Å². The minimum Gasteiger partial charge on any atom is -0.462 e. The molecule has 10 heteroatoms. The maximum Gasteiger partial charge on any atom is 0.472 e. The van der Waals surface area contributed by atoms with Crippen molar-refractivity contribution in [2.75, 3.05) is 26.4 Å². The molecule has 0 saturated heterocycles. The average Bonchev–Trinajstić information content (AvgIpc) is 3.25. The fourth-order valence-corrected chi connectivity index (χ4v) is 7.50. The van der Waals surface area contributed by atoms with Gasteiger partial charge in [0.05, 0.1) is 13.2 Å². The van der Waals surface area contributed by atoms with Crippen molar-refractivity contribution in [3.8, 4) is 0 Å². The molecule has 0 amide bonds. The normalized spacial score (nSPS) is 13.7. The molecule has 2 unspecified atom stereocenters. The summed E-state index contributed by atoms with van der Waals surface area (Å²) in [7, 11) is -4.39. The van der Waals surface area contributed by atoms with E-state index in [4.69, 9.17) is 24.3 Å². The van der Waals surface area contributed by atoms with Gasteiger partial charge >= 0.3 is 19.8 Å². The lowest BCUT2D eigenvalue weighted by molar-refractivity contribution is -0.161. The molecule has 0 aromatic carbocycles. The molecular formula is C51H92NO8P. The van der Waals surface area contributed by atoms with E-state index in [-0.39, 0.29) is 38.6 Å². The van der Waals surface area contributed by atoms with Gasteiger partial charge in [0, 0.05) is 19.4 Å². The van der Waals surface area contributed by atoms with E-state index in [0.717, 1.165) is 70.6 Å². The van der Waals surface area contributed by atoms with Crippen molar-refractivity contribution in [1.29, 1.82) is 0 Å². The quantitative estimate of drug-likeness (QED) is 0.0265. The van der Waals surface area contributed by atoms with Crippen LogP contribution in [0.5, 0.6) is 0 Å². The van der Waals surface area contributed by atoms with Gasteiger partial charge in [0.1, 0.15) is 6.61 Å². The van der Waals surface area contributed by atoms with Crippen LogP contribution in [0.1, 0.15) is 219 Å². The van der Waals surface area contributed by atoms with Crippen LogP contribution in [0.4, 0.5) is 0 Å². The molecule has 0 bridgehead atoms. The second-order valence-electron chi connectivity index (χ2n) is 16.3. The summed E-state index contributed by atoms with van der Waals surface area (Å²) in [6.45, 7) is 3.61. The maximum absolute atomic E-state index is 12.6. The first-order chi connectivity index (χ1) is 29.8. The Bertz CT molecular complexity index is 1180. The molecule has 0 saturated carbocycles. The fraction of sp³-hybridized carbons (Fsp3) is 0.765. The van der Waals surface area contributed by atoms with Crippen LogP contribution < -0.4 is 5.73 Å². The summed E-state index contributed by atoms with van der Waals surface area (Å²) in [6.07, 6.45) is 56.8. The SMILES string of the molecule is CC/C=C\C/C=C\C/C=C\CCCCCCCCCC(=O)OC(COC(=O)CCCCCCCCCCCCC/C=C\C/C=C\CCCCCCC)COP(=O)(O)OCCN. The number of ether oxygens (including phenoxy) is 2. The molecule has 0 aliphatic heterocycles. The monoisotopic (exact) mass is 878 g/mol. The Balaban J connectivity index is 4.06. The van der Waals surface area contributed by atoms with Crippen LogP contribution in [0, 0.1) is 0 Å². The molecular weight excluding hydrogens is 786 g/mol. The maximum atomic E-state index is 12.6. The molecule has 2 atom stereocenters. The third-order valence-electron chi connectivity index (χ3n) is 10.4. The number of hydrogen-bond donors (Lipinski definition) is 2. The smallest absolute Gasteiger partial charge is 0.462 e. The van der Waals surface area contributed by atoms with Gasteiger partial charge in [-0.25, -0.2) is 4.57 Å². The number of carbonyl (C=O) groups excluding carboxylic acids is 2.